The van der Waals surface area contributed by atoms with Gasteiger partial charge in [-0.3, -0.25) is 9.69 Å². The van der Waals surface area contributed by atoms with Crippen LogP contribution in [0.25, 0.3) is 17.1 Å². The van der Waals surface area contributed by atoms with Gasteiger partial charge in [-0.15, -0.1) is 18.3 Å². The van der Waals surface area contributed by atoms with Gasteiger partial charge in [-0.2, -0.15) is 4.99 Å². The summed E-state index contributed by atoms with van der Waals surface area (Å²) >= 11 is 6.79. The number of hydrogen-bond donors (Lipinski definition) is 1. The Bertz CT molecular complexity index is 1670. The van der Waals surface area contributed by atoms with Crippen molar-refractivity contribution in [1.82, 2.24) is 20.1 Å². The lowest BCUT2D eigenvalue weighted by Gasteiger charge is -2.19. The first-order valence-corrected chi connectivity index (χ1v) is 14.8. The number of benzene rings is 3. The fourth-order valence-corrected chi connectivity index (χ4v) is 5.56. The van der Waals surface area contributed by atoms with Crippen LogP contribution in [0.2, 0.25) is 0 Å². The summed E-state index contributed by atoms with van der Waals surface area (Å²) in [5.41, 5.74) is 4.12. The second-order valence-corrected chi connectivity index (χ2v) is 11.0. The Morgan fingerprint density at radius 2 is 1.82 bits per heavy atom. The lowest BCUT2D eigenvalue weighted by atomic mass is 10.1. The van der Waals surface area contributed by atoms with Crippen LogP contribution in [-0.2, 0) is 11.2 Å². The number of nitrogens with one attached hydrogen (secondary N) is 1. The number of halogens is 3. The van der Waals surface area contributed by atoms with Crippen LogP contribution in [-0.4, -0.2) is 56.7 Å². The van der Waals surface area contributed by atoms with E-state index in [4.69, 9.17) is 17.0 Å². The highest BCUT2D eigenvalue weighted by Gasteiger charge is 2.32. The third kappa shape index (κ3) is 7.74. The number of aryl methyl sites for hydroxylation is 2. The van der Waals surface area contributed by atoms with Gasteiger partial charge in [0.2, 0.25) is 5.91 Å². The number of nitrogens with zero attached hydrogens (tertiary/aromatic N) is 5. The molecule has 44 heavy (non-hydrogen) atoms. The van der Waals surface area contributed by atoms with E-state index < -0.39 is 6.36 Å². The molecule has 5 rings (SSSR count). The zero-order chi connectivity index (χ0) is 31.3. The van der Waals surface area contributed by atoms with Crippen LogP contribution in [0.1, 0.15) is 17.5 Å². The van der Waals surface area contributed by atoms with Gasteiger partial charge in [-0.1, -0.05) is 36.0 Å². The molecule has 1 aliphatic heterocycles. The average Bonchev–Trinajstić information content (AvgIpc) is 3.62. The van der Waals surface area contributed by atoms with Crippen molar-refractivity contribution in [3.05, 3.63) is 84.2 Å². The summed E-state index contributed by atoms with van der Waals surface area (Å²) in [6.07, 6.45) is -1.65. The molecule has 1 saturated heterocycles. The Labute approximate surface area is 261 Å². The van der Waals surface area contributed by atoms with E-state index in [9.17, 15) is 18.0 Å². The van der Waals surface area contributed by atoms with E-state index in [0.29, 0.717) is 39.8 Å². The van der Waals surface area contributed by atoms with E-state index in [-0.39, 0.29) is 11.7 Å². The smallest absolute Gasteiger partial charge is 0.497 e. The number of thiocarbonyl (C=S) groups is 1. The minimum atomic E-state index is -4.75. The first-order valence-electron chi connectivity index (χ1n) is 13.4. The first-order chi connectivity index (χ1) is 21.1. The Kier molecular flexibility index (Phi) is 9.49. The van der Waals surface area contributed by atoms with Crippen LogP contribution in [0.3, 0.4) is 0 Å². The second kappa shape index (κ2) is 13.5. The van der Waals surface area contributed by atoms with E-state index in [1.54, 1.807) is 12.0 Å². The van der Waals surface area contributed by atoms with Crippen molar-refractivity contribution in [3.63, 3.8) is 0 Å². The number of hydrogen-bond acceptors (Lipinski definition) is 7. The Balaban J connectivity index is 1.12. The number of ether oxygens (including phenoxy) is 2. The molecule has 0 aliphatic carbocycles. The molecule has 1 aromatic heterocycles. The molecule has 0 spiro atoms. The molecule has 0 radical (unpaired) electrons. The minimum absolute atomic E-state index is 0.0520. The molecule has 4 aromatic rings. The summed E-state index contributed by atoms with van der Waals surface area (Å²) < 4.78 is 47.8. The molecule has 9 nitrogen and oxygen atoms in total. The zero-order valence-electron chi connectivity index (χ0n) is 23.7. The summed E-state index contributed by atoms with van der Waals surface area (Å²) in [5, 5.41) is 8.45. The van der Waals surface area contributed by atoms with Crippen molar-refractivity contribution in [2.24, 2.45) is 4.99 Å². The number of amides is 1. The molecule has 3 aromatic carbocycles. The number of aliphatic imine (C=N–C) groups is 1. The molecule has 14 heteroatoms. The molecule has 2 heterocycles. The van der Waals surface area contributed by atoms with Gasteiger partial charge in [0, 0.05) is 12.1 Å². The van der Waals surface area contributed by atoms with Crippen LogP contribution in [0.4, 0.5) is 18.9 Å². The maximum absolute atomic E-state index is 12.6. The number of rotatable bonds is 9. The lowest BCUT2D eigenvalue weighted by Crippen LogP contribution is -2.32. The monoisotopic (exact) mass is 640 g/mol. The van der Waals surface area contributed by atoms with E-state index in [2.05, 4.69) is 25.1 Å². The van der Waals surface area contributed by atoms with Gasteiger partial charge in [-0.05, 0) is 85.6 Å². The van der Waals surface area contributed by atoms with E-state index >= 15 is 0 Å². The minimum Gasteiger partial charge on any atom is -0.497 e. The first kappa shape index (κ1) is 31.0. The number of alkyl halides is 3. The normalized spacial score (nSPS) is 14.2. The summed E-state index contributed by atoms with van der Waals surface area (Å²) in [6.45, 7) is 2.52. The van der Waals surface area contributed by atoms with Crippen LogP contribution < -0.4 is 19.7 Å². The third-order valence-electron chi connectivity index (χ3n) is 6.56. The van der Waals surface area contributed by atoms with Crippen molar-refractivity contribution in [3.8, 4) is 28.6 Å². The Hall–Kier alpha value is -4.43. The Morgan fingerprint density at radius 1 is 1.09 bits per heavy atom. The SMILES string of the molecule is COc1ccc(N2C(=O)CS/C2=N\C(=S)NCCCc2ccc(-c3ncn(-c4ccc(OC(F)(F)F)cc4)n3)cc2)c(C)c1. The van der Waals surface area contributed by atoms with Gasteiger partial charge in [0.1, 0.15) is 17.8 Å². The summed E-state index contributed by atoms with van der Waals surface area (Å²) in [6, 6.07) is 18.7. The molecule has 0 unspecified atom stereocenters. The highest BCUT2D eigenvalue weighted by Crippen LogP contribution is 2.31. The van der Waals surface area contributed by atoms with Crippen molar-refractivity contribution in [2.75, 3.05) is 24.3 Å². The molecule has 0 saturated carbocycles. The van der Waals surface area contributed by atoms with Gasteiger partial charge in [0.25, 0.3) is 0 Å². The molecule has 228 valence electrons. The number of methoxy groups -OCH3 is 1. The van der Waals surface area contributed by atoms with Crippen molar-refractivity contribution in [1.29, 1.82) is 0 Å². The molecule has 1 aliphatic rings. The van der Waals surface area contributed by atoms with Crippen LogP contribution in [0.5, 0.6) is 11.5 Å². The van der Waals surface area contributed by atoms with Gasteiger partial charge in [-0.25, -0.2) is 9.67 Å². The number of anilines is 1. The van der Waals surface area contributed by atoms with Crippen molar-refractivity contribution in [2.45, 2.75) is 26.1 Å². The molecular weight excluding hydrogens is 613 g/mol. The molecular formula is C30H27F3N6O3S2. The van der Waals surface area contributed by atoms with E-state index in [1.165, 1.54) is 47.0 Å². The van der Waals surface area contributed by atoms with Gasteiger partial charge in [0.15, 0.2) is 16.1 Å². The number of aromatic nitrogens is 3. The molecule has 1 N–H and O–H groups in total. The van der Waals surface area contributed by atoms with Gasteiger partial charge in [0.05, 0.1) is 24.2 Å². The fraction of sp³-hybridized carbons (Fsp3) is 0.233. The van der Waals surface area contributed by atoms with Crippen LogP contribution in [0, 0.1) is 6.92 Å². The number of carbonyl (C=O) groups is 1. The summed E-state index contributed by atoms with van der Waals surface area (Å²) in [5.74, 6) is 1.14. The van der Waals surface area contributed by atoms with E-state index in [1.807, 2.05) is 49.4 Å². The quantitative estimate of drug-likeness (QED) is 0.174. The number of thioether (sulfide) groups is 1. The van der Waals surface area contributed by atoms with Crippen molar-refractivity contribution < 1.29 is 27.4 Å². The third-order valence-corrected chi connectivity index (χ3v) is 7.72. The van der Waals surface area contributed by atoms with E-state index in [0.717, 1.165) is 35.2 Å². The fourth-order valence-electron chi connectivity index (χ4n) is 4.44. The Morgan fingerprint density at radius 3 is 2.50 bits per heavy atom. The molecule has 0 bridgehead atoms. The number of carbonyl (C=O) groups excluding carboxylic acids is 1. The molecule has 0 atom stereocenters. The highest BCUT2D eigenvalue weighted by molar-refractivity contribution is 8.15. The lowest BCUT2D eigenvalue weighted by molar-refractivity contribution is -0.274. The summed E-state index contributed by atoms with van der Waals surface area (Å²) in [7, 11) is 1.60. The predicted octanol–water partition coefficient (Wildman–Crippen LogP) is 6.09. The predicted molar refractivity (Wildman–Crippen MR) is 168 cm³/mol. The topological polar surface area (TPSA) is 93.9 Å². The van der Waals surface area contributed by atoms with Gasteiger partial charge >= 0.3 is 6.36 Å². The summed E-state index contributed by atoms with van der Waals surface area (Å²) in [4.78, 5) is 23.0. The largest absolute Gasteiger partial charge is 0.573 e. The van der Waals surface area contributed by atoms with Crippen LogP contribution >= 0.6 is 24.0 Å². The standard InChI is InChI=1S/C30H27F3N6O3S2/c1-19-16-24(41-2)13-14-25(19)39-26(40)17-44-29(39)36-28(43)34-15-3-4-20-5-7-21(8-6-20)27-35-18-38(37-27)22-9-11-23(12-10-22)42-30(31,32)33/h5-14,16,18H,3-4,15,17H2,1-2H3,(H,34,43)/b36-29-. The van der Waals surface area contributed by atoms with Crippen molar-refractivity contribution >= 4 is 45.9 Å². The van der Waals surface area contributed by atoms with Crippen LogP contribution in [0.15, 0.2) is 78.0 Å². The maximum Gasteiger partial charge on any atom is 0.573 e. The second-order valence-electron chi connectivity index (χ2n) is 9.65. The average molecular weight is 641 g/mol. The zero-order valence-corrected chi connectivity index (χ0v) is 25.3. The molecule has 1 amide bonds. The number of amidine groups is 1. The van der Waals surface area contributed by atoms with Gasteiger partial charge < -0.3 is 14.8 Å². The highest BCUT2D eigenvalue weighted by atomic mass is 32.2. The maximum atomic E-state index is 12.6. The molecule has 1 fully saturated rings.